The second-order valence-electron chi connectivity index (χ2n) is 4.25. The molecule has 0 heterocycles. The van der Waals surface area contributed by atoms with Crippen molar-refractivity contribution in [2.45, 2.75) is 13.3 Å². The zero-order valence-corrected chi connectivity index (χ0v) is 11.6. The van der Waals surface area contributed by atoms with Gasteiger partial charge in [0.25, 0.3) is 0 Å². The van der Waals surface area contributed by atoms with E-state index in [2.05, 4.69) is 20.1 Å². The normalized spacial score (nSPS) is 11.1. The maximum absolute atomic E-state index is 5.61. The fourth-order valence-electron chi connectivity index (χ4n) is 1.50. The molecule has 0 aliphatic carbocycles. The zero-order valence-electron chi connectivity index (χ0n) is 11.6. The third kappa shape index (κ3) is 6.63. The molecule has 0 unspecified atom stereocenters. The van der Waals surface area contributed by atoms with Gasteiger partial charge in [-0.2, -0.15) is 0 Å². The lowest BCUT2D eigenvalue weighted by Crippen LogP contribution is -2.04. The molecule has 1 aromatic rings. The molecule has 0 fully saturated rings. The number of hydrogen-bond acceptors (Lipinski definition) is 2. The predicted molar refractivity (Wildman–Crippen MR) is 80.6 cm³/mol. The smallest absolute Gasteiger partial charge is 0.119 e. The fourth-order valence-corrected chi connectivity index (χ4v) is 1.50. The van der Waals surface area contributed by atoms with Crippen molar-refractivity contribution < 1.29 is 9.47 Å². The van der Waals surface area contributed by atoms with Crippen LogP contribution in [0.3, 0.4) is 0 Å². The van der Waals surface area contributed by atoms with E-state index in [1.807, 2.05) is 30.3 Å². The lowest BCUT2D eigenvalue weighted by atomic mass is 10.2. The molecule has 0 saturated heterocycles. The topological polar surface area (TPSA) is 18.5 Å². The van der Waals surface area contributed by atoms with Crippen LogP contribution in [-0.2, 0) is 4.74 Å². The van der Waals surface area contributed by atoms with Gasteiger partial charge in [0.05, 0.1) is 19.8 Å². The predicted octanol–water partition coefficient (Wildman–Crippen LogP) is 4.08. The minimum Gasteiger partial charge on any atom is -0.494 e. The van der Waals surface area contributed by atoms with Crippen molar-refractivity contribution >= 4 is 0 Å². The maximum atomic E-state index is 5.61. The number of benzene rings is 1. The summed E-state index contributed by atoms with van der Waals surface area (Å²) in [6, 6.07) is 8.06. The molecule has 102 valence electrons. The van der Waals surface area contributed by atoms with E-state index in [1.165, 1.54) is 5.56 Å². The first kappa shape index (κ1) is 15.3. The van der Waals surface area contributed by atoms with Crippen molar-refractivity contribution in [1.82, 2.24) is 0 Å². The van der Waals surface area contributed by atoms with Gasteiger partial charge in [-0.1, -0.05) is 49.1 Å². The Morgan fingerprint density at radius 2 is 1.89 bits per heavy atom. The molecule has 2 heteroatoms. The quantitative estimate of drug-likeness (QED) is 0.491. The molecule has 0 spiro atoms. The van der Waals surface area contributed by atoms with Crippen molar-refractivity contribution in [1.29, 1.82) is 0 Å². The summed E-state index contributed by atoms with van der Waals surface area (Å²) in [6.07, 6.45) is 6.29. The largest absolute Gasteiger partial charge is 0.494 e. The van der Waals surface area contributed by atoms with E-state index in [-0.39, 0.29) is 0 Å². The van der Waals surface area contributed by atoms with Crippen LogP contribution in [0.25, 0.3) is 0 Å². The molecule has 1 rings (SSSR count). The molecule has 1 aromatic carbocycles. The fraction of sp³-hybridized carbons (Fsp3) is 0.294. The van der Waals surface area contributed by atoms with Gasteiger partial charge < -0.3 is 9.47 Å². The minimum atomic E-state index is 0.569. The van der Waals surface area contributed by atoms with Crippen molar-refractivity contribution in [3.63, 3.8) is 0 Å². The molecule has 0 saturated carbocycles. The lowest BCUT2D eigenvalue weighted by Gasteiger charge is -2.07. The summed E-state index contributed by atoms with van der Waals surface area (Å²) < 4.78 is 11.1. The summed E-state index contributed by atoms with van der Waals surface area (Å²) in [7, 11) is 0. The standard InChI is InChI=1S/C17H22O2/c1-4-7-16(5-2)14-18-12-6-13-19-17-10-8-15(3)9-11-17/h4-5,7-11H,1-2,6,12-14H2,3H3/b16-7+. The Morgan fingerprint density at radius 1 is 1.16 bits per heavy atom. The number of rotatable bonds is 9. The van der Waals surface area contributed by atoms with E-state index in [9.17, 15) is 0 Å². The SMILES string of the molecule is C=C/C=C(\C=C)COCCCOc1ccc(C)cc1. The van der Waals surface area contributed by atoms with Gasteiger partial charge in [-0.05, 0) is 24.6 Å². The third-order valence-electron chi connectivity index (χ3n) is 2.59. The monoisotopic (exact) mass is 258 g/mol. The van der Waals surface area contributed by atoms with Crippen molar-refractivity contribution in [3.05, 3.63) is 66.8 Å². The van der Waals surface area contributed by atoms with Gasteiger partial charge in [0.1, 0.15) is 5.75 Å². The molecule has 0 aromatic heterocycles. The van der Waals surface area contributed by atoms with Gasteiger partial charge in [-0.15, -0.1) is 0 Å². The highest BCUT2D eigenvalue weighted by molar-refractivity contribution is 5.26. The highest BCUT2D eigenvalue weighted by Crippen LogP contribution is 2.11. The molecule has 0 radical (unpaired) electrons. The molecule has 0 amide bonds. The highest BCUT2D eigenvalue weighted by Gasteiger charge is 1.95. The first-order valence-corrected chi connectivity index (χ1v) is 6.47. The summed E-state index contributed by atoms with van der Waals surface area (Å²) in [5.74, 6) is 0.906. The van der Waals surface area contributed by atoms with Crippen LogP contribution < -0.4 is 4.74 Å². The number of hydrogen-bond donors (Lipinski definition) is 0. The summed E-state index contributed by atoms with van der Waals surface area (Å²) in [4.78, 5) is 0. The van der Waals surface area contributed by atoms with Crippen LogP contribution in [0, 0.1) is 6.92 Å². The first-order valence-electron chi connectivity index (χ1n) is 6.47. The van der Waals surface area contributed by atoms with Crippen LogP contribution in [0.15, 0.2) is 61.2 Å². The molecular formula is C17H22O2. The highest BCUT2D eigenvalue weighted by atomic mass is 16.5. The Labute approximate surface area is 116 Å². The lowest BCUT2D eigenvalue weighted by molar-refractivity contribution is 0.139. The molecule has 0 aliphatic heterocycles. The molecule has 19 heavy (non-hydrogen) atoms. The van der Waals surface area contributed by atoms with Gasteiger partial charge >= 0.3 is 0 Å². The number of ether oxygens (including phenoxy) is 2. The van der Waals surface area contributed by atoms with E-state index < -0.39 is 0 Å². The second kappa shape index (κ2) is 9.17. The van der Waals surface area contributed by atoms with E-state index in [1.54, 1.807) is 12.2 Å². The van der Waals surface area contributed by atoms with E-state index in [0.717, 1.165) is 17.7 Å². The average molecular weight is 258 g/mol. The maximum Gasteiger partial charge on any atom is 0.119 e. The molecule has 0 bridgehead atoms. The van der Waals surface area contributed by atoms with Gasteiger partial charge in [0.15, 0.2) is 0 Å². The Morgan fingerprint density at radius 3 is 2.53 bits per heavy atom. The van der Waals surface area contributed by atoms with Crippen LogP contribution in [0.4, 0.5) is 0 Å². The average Bonchev–Trinajstić information content (AvgIpc) is 2.43. The molecule has 0 N–H and O–H groups in total. The number of allylic oxidation sites excluding steroid dienone is 2. The minimum absolute atomic E-state index is 0.569. The summed E-state index contributed by atoms with van der Waals surface area (Å²) >= 11 is 0. The number of aryl methyl sites for hydroxylation is 1. The van der Waals surface area contributed by atoms with Crippen molar-refractivity contribution in [3.8, 4) is 5.75 Å². The zero-order chi connectivity index (χ0) is 13.9. The van der Waals surface area contributed by atoms with Crippen LogP contribution >= 0.6 is 0 Å². The van der Waals surface area contributed by atoms with Gasteiger partial charge in [0, 0.05) is 6.42 Å². The summed E-state index contributed by atoms with van der Waals surface area (Å²) in [5.41, 5.74) is 2.27. The van der Waals surface area contributed by atoms with Crippen molar-refractivity contribution in [2.24, 2.45) is 0 Å². The third-order valence-corrected chi connectivity index (χ3v) is 2.59. The van der Waals surface area contributed by atoms with Crippen LogP contribution in [-0.4, -0.2) is 19.8 Å². The second-order valence-corrected chi connectivity index (χ2v) is 4.25. The van der Waals surface area contributed by atoms with Crippen LogP contribution in [0.1, 0.15) is 12.0 Å². The Bertz CT molecular complexity index is 415. The van der Waals surface area contributed by atoms with Gasteiger partial charge in [-0.3, -0.25) is 0 Å². The first-order chi connectivity index (χ1) is 9.26. The molecule has 2 nitrogen and oxygen atoms in total. The van der Waals surface area contributed by atoms with Crippen LogP contribution in [0.5, 0.6) is 5.75 Å². The Hall–Kier alpha value is -1.80. The summed E-state index contributed by atoms with van der Waals surface area (Å²) in [5, 5.41) is 0. The van der Waals surface area contributed by atoms with E-state index in [0.29, 0.717) is 19.8 Å². The molecular weight excluding hydrogens is 236 g/mol. The van der Waals surface area contributed by atoms with Crippen LogP contribution in [0.2, 0.25) is 0 Å². The van der Waals surface area contributed by atoms with E-state index >= 15 is 0 Å². The molecule has 0 aliphatic rings. The Balaban J connectivity index is 2.11. The molecule has 0 atom stereocenters. The van der Waals surface area contributed by atoms with Gasteiger partial charge in [0.2, 0.25) is 0 Å². The Kier molecular flexibility index (Phi) is 7.37. The van der Waals surface area contributed by atoms with Crippen molar-refractivity contribution in [2.75, 3.05) is 19.8 Å². The summed E-state index contributed by atoms with van der Waals surface area (Å²) in [6.45, 7) is 11.3. The van der Waals surface area contributed by atoms with E-state index in [4.69, 9.17) is 9.47 Å². The van der Waals surface area contributed by atoms with Gasteiger partial charge in [-0.25, -0.2) is 0 Å².